The highest BCUT2D eigenvalue weighted by molar-refractivity contribution is 6.02. The number of aromatic nitrogens is 1. The van der Waals surface area contributed by atoms with E-state index in [1.165, 1.54) is 33.3 Å². The summed E-state index contributed by atoms with van der Waals surface area (Å²) in [5.74, 6) is -2.13. The van der Waals surface area contributed by atoms with Crippen molar-refractivity contribution in [1.29, 1.82) is 0 Å². The normalized spacial score (nSPS) is 13.2. The van der Waals surface area contributed by atoms with Crippen molar-refractivity contribution < 1.29 is 32.4 Å². The van der Waals surface area contributed by atoms with Crippen molar-refractivity contribution in [3.05, 3.63) is 102 Å². The maximum absolute atomic E-state index is 10.5. The first-order valence-corrected chi connectivity index (χ1v) is 9.97. The molecule has 0 amide bonds. The number of carbonyl (C=O) groups excluding carboxylic acids is 1. The molecule has 0 saturated heterocycles. The molecule has 0 unspecified atom stereocenters. The van der Waals surface area contributed by atoms with Crippen LogP contribution in [0.25, 0.3) is 28.1 Å². The van der Waals surface area contributed by atoms with Crippen LogP contribution >= 0.6 is 0 Å². The fraction of sp³-hybridized carbons (Fsp3) is 0.0769. The summed E-state index contributed by atoms with van der Waals surface area (Å²) >= 11 is 0. The van der Waals surface area contributed by atoms with Crippen LogP contribution in [0.4, 0.5) is 13.2 Å². The van der Waals surface area contributed by atoms with Crippen molar-refractivity contribution in [2.45, 2.75) is 6.18 Å². The van der Waals surface area contributed by atoms with Crippen LogP contribution in [-0.2, 0) is 4.79 Å². The maximum atomic E-state index is 10.5. The fourth-order valence-electron chi connectivity index (χ4n) is 3.74. The zero-order chi connectivity index (χ0) is 23.6. The number of rotatable bonds is 2. The number of carbonyl (C=O) groups is 1. The van der Waals surface area contributed by atoms with Gasteiger partial charge in [0.15, 0.2) is 6.20 Å². The van der Waals surface area contributed by atoms with Crippen LogP contribution < -0.4 is 14.4 Å². The minimum absolute atomic E-state index is 0.874. The summed E-state index contributed by atoms with van der Waals surface area (Å²) in [6.45, 7) is 0. The van der Waals surface area contributed by atoms with Crippen molar-refractivity contribution in [2.24, 2.45) is 0 Å². The lowest BCUT2D eigenvalue weighted by molar-refractivity contribution is -0.592. The van der Waals surface area contributed by atoms with Crippen molar-refractivity contribution in [3.8, 4) is 11.4 Å². The summed E-state index contributed by atoms with van der Waals surface area (Å²) in [6, 6.07) is 27.6. The maximum Gasteiger partial charge on any atom is 0.430 e. The number of ether oxygens (including phenoxy) is 1. The van der Waals surface area contributed by atoms with Crippen LogP contribution in [-0.4, -0.2) is 19.3 Å². The lowest BCUT2D eigenvalue weighted by Gasteiger charge is -2.03. The Morgan fingerprint density at radius 1 is 0.939 bits per heavy atom. The number of alkyl halides is 3. The van der Waals surface area contributed by atoms with Crippen LogP contribution in [0.3, 0.4) is 0 Å². The van der Waals surface area contributed by atoms with Gasteiger partial charge in [0.25, 0.3) is 0 Å². The molecular formula is C26H18F3NO3. The summed E-state index contributed by atoms with van der Waals surface area (Å²) < 4.78 is 39.1. The molecule has 0 N–H and O–H groups in total. The fourth-order valence-corrected chi connectivity index (χ4v) is 3.74. The van der Waals surface area contributed by atoms with Gasteiger partial charge >= 0.3 is 6.18 Å². The van der Waals surface area contributed by atoms with E-state index in [0.717, 1.165) is 11.3 Å². The number of pyridine rings is 1. The van der Waals surface area contributed by atoms with Gasteiger partial charge in [-0.25, -0.2) is 0 Å². The predicted octanol–water partition coefficient (Wildman–Crippen LogP) is 4.33. The number of aliphatic carboxylic acids is 1. The van der Waals surface area contributed by atoms with E-state index in [0.29, 0.717) is 0 Å². The Morgan fingerprint density at radius 2 is 1.58 bits per heavy atom. The van der Waals surface area contributed by atoms with Gasteiger partial charge in [0, 0.05) is 12.1 Å². The molecule has 7 heteroatoms. The lowest BCUT2D eigenvalue weighted by atomic mass is 9.98. The van der Waals surface area contributed by atoms with E-state index in [9.17, 15) is 13.2 Å². The number of halogens is 3. The second-order valence-electron chi connectivity index (χ2n) is 7.26. The van der Waals surface area contributed by atoms with Crippen LogP contribution in [0.2, 0.25) is 0 Å². The zero-order valence-corrected chi connectivity index (χ0v) is 17.5. The van der Waals surface area contributed by atoms with Crippen molar-refractivity contribution in [2.75, 3.05) is 7.11 Å². The molecule has 0 fully saturated rings. The Kier molecular flexibility index (Phi) is 5.87. The average Bonchev–Trinajstić information content (AvgIpc) is 3.13. The van der Waals surface area contributed by atoms with E-state index in [1.54, 1.807) is 7.11 Å². The van der Waals surface area contributed by atoms with E-state index in [-0.39, 0.29) is 0 Å². The third kappa shape index (κ3) is 4.43. The molecule has 0 saturated carbocycles. The highest BCUT2D eigenvalue weighted by Crippen LogP contribution is 2.36. The van der Waals surface area contributed by atoms with E-state index < -0.39 is 12.1 Å². The van der Waals surface area contributed by atoms with Crippen LogP contribution in [0, 0.1) is 0 Å². The van der Waals surface area contributed by atoms with Gasteiger partial charge in [-0.15, -0.1) is 0 Å². The third-order valence-corrected chi connectivity index (χ3v) is 5.23. The monoisotopic (exact) mass is 449 g/mol. The molecule has 4 nitrogen and oxygen atoms in total. The number of carboxylic acids is 1. The van der Waals surface area contributed by atoms with Gasteiger partial charge in [-0.2, -0.15) is 17.7 Å². The molecule has 0 atom stereocenters. The molecule has 33 heavy (non-hydrogen) atoms. The summed E-state index contributed by atoms with van der Waals surface area (Å²) in [7, 11) is 1.69. The molecule has 2 heterocycles. The molecular weight excluding hydrogens is 431 g/mol. The third-order valence-electron chi connectivity index (χ3n) is 5.23. The predicted molar refractivity (Wildman–Crippen MR) is 117 cm³/mol. The Bertz CT molecular complexity index is 1360. The highest BCUT2D eigenvalue weighted by atomic mass is 19.4. The molecule has 0 aliphatic carbocycles. The van der Waals surface area contributed by atoms with Crippen LogP contribution in [0.5, 0.6) is 5.75 Å². The zero-order valence-electron chi connectivity index (χ0n) is 17.5. The van der Waals surface area contributed by atoms with Crippen LogP contribution in [0.15, 0.2) is 85.1 Å². The van der Waals surface area contributed by atoms with Crippen LogP contribution in [0.1, 0.15) is 16.8 Å². The quantitative estimate of drug-likeness (QED) is 0.377. The minimum Gasteiger partial charge on any atom is -0.542 e. The van der Waals surface area contributed by atoms with E-state index in [1.807, 2.05) is 12.1 Å². The molecule has 1 aliphatic heterocycles. The SMILES string of the molecule is COc1ccc(C=C2c3ccccc3-[n+]3ccc4ccccc4c32)cc1.O=C([O-])C(F)(F)F. The Morgan fingerprint density at radius 3 is 2.24 bits per heavy atom. The van der Waals surface area contributed by atoms with E-state index >= 15 is 0 Å². The lowest BCUT2D eigenvalue weighted by Crippen LogP contribution is -2.37. The first-order valence-electron chi connectivity index (χ1n) is 9.97. The van der Waals surface area contributed by atoms with E-state index in [4.69, 9.17) is 14.6 Å². The van der Waals surface area contributed by atoms with Gasteiger partial charge in [-0.3, -0.25) is 0 Å². The van der Waals surface area contributed by atoms with Gasteiger partial charge in [-0.05, 0) is 41.3 Å². The standard InChI is InChI=1S/C24H18NO.C2HF3O2/c1-26-19-12-10-17(11-13-19)16-22-21-8-4-5-9-23(21)25-15-14-18-6-2-3-7-20(18)24(22)25;3-2(4,5)1(6)7/h2-16H,1H3;(H,6,7)/q+1;/p-1. The number of nitrogens with zero attached hydrogens (tertiary/aromatic N) is 1. The molecule has 166 valence electrons. The number of benzene rings is 3. The first-order chi connectivity index (χ1) is 15.8. The van der Waals surface area contributed by atoms with Gasteiger partial charge in [0.2, 0.25) is 11.4 Å². The molecule has 4 aromatic rings. The van der Waals surface area contributed by atoms with Crippen molar-refractivity contribution in [3.63, 3.8) is 0 Å². The molecule has 3 aromatic carbocycles. The van der Waals surface area contributed by atoms with Crippen molar-refractivity contribution in [1.82, 2.24) is 0 Å². The number of hydrogen-bond acceptors (Lipinski definition) is 3. The number of para-hydroxylation sites is 1. The molecule has 5 rings (SSSR count). The molecule has 0 spiro atoms. The summed E-state index contributed by atoms with van der Waals surface area (Å²) in [5, 5.41) is 11.3. The second-order valence-corrected chi connectivity index (χ2v) is 7.26. The first kappa shape index (κ1) is 22.1. The van der Waals surface area contributed by atoms with Crippen molar-refractivity contribution >= 4 is 28.4 Å². The van der Waals surface area contributed by atoms with Gasteiger partial charge in [0.1, 0.15) is 11.7 Å². The smallest absolute Gasteiger partial charge is 0.430 e. The molecule has 1 aromatic heterocycles. The molecule has 0 bridgehead atoms. The Labute approximate surface area is 187 Å². The number of hydrogen-bond donors (Lipinski definition) is 0. The summed E-state index contributed by atoms with van der Waals surface area (Å²) in [4.78, 5) is 8.78. The number of methoxy groups -OCH3 is 1. The van der Waals surface area contributed by atoms with Gasteiger partial charge in [0.05, 0.1) is 23.6 Å². The largest absolute Gasteiger partial charge is 0.542 e. The summed E-state index contributed by atoms with van der Waals surface area (Å²) in [5.41, 5.74) is 6.16. The number of fused-ring (bicyclic) bond motifs is 5. The summed E-state index contributed by atoms with van der Waals surface area (Å²) in [6.07, 6.45) is -0.755. The Hall–Kier alpha value is -4.13. The molecule has 1 aliphatic rings. The van der Waals surface area contributed by atoms with Gasteiger partial charge in [-0.1, -0.05) is 42.5 Å². The highest BCUT2D eigenvalue weighted by Gasteiger charge is 2.33. The molecule has 0 radical (unpaired) electrons. The average molecular weight is 449 g/mol. The Balaban J connectivity index is 0.000000325. The number of carboxylic acid groups (broad SMARTS) is 1. The van der Waals surface area contributed by atoms with E-state index in [2.05, 4.69) is 83.6 Å². The minimum atomic E-state index is -5.19. The second kappa shape index (κ2) is 8.78. The van der Waals surface area contributed by atoms with Gasteiger partial charge < -0.3 is 14.6 Å². The topological polar surface area (TPSA) is 53.2 Å².